The second kappa shape index (κ2) is 15.2. The number of allylic oxidation sites excluding steroid dienone is 14. The Hall–Kier alpha value is -3.78. The van der Waals surface area contributed by atoms with Gasteiger partial charge in [-0.1, -0.05) is 97.2 Å². The molecule has 1 aliphatic heterocycles. The SMILES string of the molecule is C1=CCC(C2CCC(n3c4c(c5c3CCCC5)C=C(C3C=CC(C5=CC=C6C(C5)c5ccccc5N6C5=CCCC(C6CCCCC6)=C5)=CC3)CC4)CC2)CC1. The summed E-state index contributed by atoms with van der Waals surface area (Å²) in [5.74, 6) is 3.69. The molecule has 2 fully saturated rings. The fraction of sp³-hybridized carbons (Fsp3) is 0.519. The molecule has 2 aromatic rings. The van der Waals surface area contributed by atoms with E-state index < -0.39 is 0 Å². The van der Waals surface area contributed by atoms with Crippen LogP contribution in [0.5, 0.6) is 0 Å². The molecule has 11 rings (SSSR count). The van der Waals surface area contributed by atoms with Crippen LogP contribution in [-0.2, 0) is 19.3 Å². The number of benzene rings is 1. The molecule has 0 N–H and O–H groups in total. The van der Waals surface area contributed by atoms with Crippen molar-refractivity contribution in [2.45, 2.75) is 153 Å². The van der Waals surface area contributed by atoms with Gasteiger partial charge in [0, 0.05) is 46.3 Å². The maximum Gasteiger partial charge on any atom is 0.0497 e. The van der Waals surface area contributed by atoms with Crippen molar-refractivity contribution in [1.82, 2.24) is 4.57 Å². The highest BCUT2D eigenvalue weighted by atomic mass is 15.2. The largest absolute Gasteiger partial charge is 0.345 e. The van der Waals surface area contributed by atoms with Gasteiger partial charge in [0.25, 0.3) is 0 Å². The molecule has 2 heterocycles. The number of hydrogen-bond acceptors (Lipinski definition) is 1. The van der Waals surface area contributed by atoms with Crippen molar-refractivity contribution >= 4 is 11.8 Å². The molecule has 0 saturated heterocycles. The first-order valence-corrected chi connectivity index (χ1v) is 23.5. The van der Waals surface area contributed by atoms with Gasteiger partial charge in [-0.05, 0) is 186 Å². The molecule has 2 nitrogen and oxygen atoms in total. The van der Waals surface area contributed by atoms with E-state index in [1.54, 1.807) is 33.7 Å². The molecule has 0 radical (unpaired) electrons. The summed E-state index contributed by atoms with van der Waals surface area (Å²) in [5, 5.41) is 0. The molecule has 0 bridgehead atoms. The molecule has 8 aliphatic carbocycles. The van der Waals surface area contributed by atoms with Gasteiger partial charge in [-0.2, -0.15) is 0 Å². The average Bonchev–Trinajstić information content (AvgIpc) is 3.79. The standard InChI is InChI=1S/C54H64N2/c1-3-12-37(13-4-1)39-26-30-45(31-27-39)55-51-20-9-7-18-47(51)49-35-43(28-32-53(49)55)40-22-24-41(25-23-40)44-29-33-54-50(36-44)48-19-8-10-21-52(48)56(54)46-17-11-16-42(34-46)38-14-5-2-6-15-38/h1,3,8,10,17,19,21-22,24-25,29,33-35,37-40,45,50H,2,4-7,9,11-16,18,20,23,26-28,30-32,36H2. The number of hydrogen-bond donors (Lipinski definition) is 0. The first kappa shape index (κ1) is 35.4. The van der Waals surface area contributed by atoms with E-state index in [9.17, 15) is 0 Å². The number of aromatic nitrogens is 1. The van der Waals surface area contributed by atoms with Gasteiger partial charge in [0.15, 0.2) is 0 Å². The minimum atomic E-state index is 0.432. The summed E-state index contributed by atoms with van der Waals surface area (Å²) in [5.41, 5.74) is 19.1. The van der Waals surface area contributed by atoms with Crippen LogP contribution in [0.3, 0.4) is 0 Å². The molecule has 56 heavy (non-hydrogen) atoms. The van der Waals surface area contributed by atoms with Gasteiger partial charge in [-0.15, -0.1) is 0 Å². The molecule has 2 heteroatoms. The highest BCUT2D eigenvalue weighted by Crippen LogP contribution is 2.52. The lowest BCUT2D eigenvalue weighted by molar-refractivity contribution is 0.192. The predicted molar refractivity (Wildman–Crippen MR) is 235 cm³/mol. The number of anilines is 1. The minimum Gasteiger partial charge on any atom is -0.345 e. The second-order valence-electron chi connectivity index (χ2n) is 19.2. The molecule has 1 aromatic heterocycles. The summed E-state index contributed by atoms with van der Waals surface area (Å²) < 4.78 is 2.96. The van der Waals surface area contributed by atoms with Crippen molar-refractivity contribution in [3.63, 3.8) is 0 Å². The Morgan fingerprint density at radius 2 is 1.54 bits per heavy atom. The van der Waals surface area contributed by atoms with E-state index in [4.69, 9.17) is 0 Å². The third-order valence-electron chi connectivity index (χ3n) is 16.2. The monoisotopic (exact) mass is 741 g/mol. The number of nitrogens with zero attached hydrogens (tertiary/aromatic N) is 2. The lowest BCUT2D eigenvalue weighted by atomic mass is 9.74. The van der Waals surface area contributed by atoms with Crippen molar-refractivity contribution in [3.05, 3.63) is 141 Å². The molecule has 0 amide bonds. The lowest BCUT2D eigenvalue weighted by Crippen LogP contribution is -2.26. The maximum absolute atomic E-state index is 2.96. The van der Waals surface area contributed by atoms with Gasteiger partial charge < -0.3 is 9.47 Å². The average molecular weight is 741 g/mol. The van der Waals surface area contributed by atoms with Crippen LogP contribution >= 0.6 is 0 Å². The molecule has 3 atom stereocenters. The van der Waals surface area contributed by atoms with Crippen molar-refractivity contribution in [2.24, 2.45) is 23.7 Å². The molecule has 0 spiro atoms. The van der Waals surface area contributed by atoms with Crippen LogP contribution in [0.25, 0.3) is 6.08 Å². The van der Waals surface area contributed by atoms with Crippen molar-refractivity contribution < 1.29 is 0 Å². The van der Waals surface area contributed by atoms with Crippen LogP contribution < -0.4 is 4.90 Å². The smallest absolute Gasteiger partial charge is 0.0497 e. The fourth-order valence-electron chi connectivity index (χ4n) is 13.3. The zero-order chi connectivity index (χ0) is 37.0. The van der Waals surface area contributed by atoms with E-state index >= 15 is 0 Å². The summed E-state index contributed by atoms with van der Waals surface area (Å²) in [4.78, 5) is 2.63. The van der Waals surface area contributed by atoms with Crippen molar-refractivity contribution in [3.8, 4) is 0 Å². The highest BCUT2D eigenvalue weighted by Gasteiger charge is 2.38. The minimum absolute atomic E-state index is 0.432. The molecule has 2 saturated carbocycles. The third-order valence-corrected chi connectivity index (χ3v) is 16.2. The van der Waals surface area contributed by atoms with Crippen LogP contribution in [0, 0.1) is 23.7 Å². The molecular weight excluding hydrogens is 677 g/mol. The van der Waals surface area contributed by atoms with Gasteiger partial charge in [0.1, 0.15) is 0 Å². The molecule has 3 unspecified atom stereocenters. The molecule has 9 aliphatic rings. The zero-order valence-corrected chi connectivity index (χ0v) is 34.0. The summed E-state index contributed by atoms with van der Waals surface area (Å²) in [7, 11) is 0. The Bertz CT molecular complexity index is 2100. The summed E-state index contributed by atoms with van der Waals surface area (Å²) in [6, 6.07) is 10.0. The topological polar surface area (TPSA) is 8.17 Å². The van der Waals surface area contributed by atoms with Crippen LogP contribution in [0.1, 0.15) is 162 Å². The van der Waals surface area contributed by atoms with Gasteiger partial charge in [0.05, 0.1) is 0 Å². The van der Waals surface area contributed by atoms with Crippen LogP contribution in [0.2, 0.25) is 0 Å². The number of para-hydroxylation sites is 1. The summed E-state index contributed by atoms with van der Waals surface area (Å²) in [6.45, 7) is 0. The van der Waals surface area contributed by atoms with E-state index in [2.05, 4.69) is 94.5 Å². The predicted octanol–water partition coefficient (Wildman–Crippen LogP) is 14.3. The van der Waals surface area contributed by atoms with Gasteiger partial charge >= 0.3 is 0 Å². The van der Waals surface area contributed by atoms with Crippen molar-refractivity contribution in [2.75, 3.05) is 4.90 Å². The van der Waals surface area contributed by atoms with E-state index in [1.807, 2.05) is 0 Å². The van der Waals surface area contributed by atoms with Crippen LogP contribution in [-0.4, -0.2) is 4.57 Å². The van der Waals surface area contributed by atoms with E-state index in [-0.39, 0.29) is 0 Å². The fourth-order valence-corrected chi connectivity index (χ4v) is 13.3. The second-order valence-corrected chi connectivity index (χ2v) is 19.2. The Balaban J connectivity index is 0.812. The Labute approximate surface area is 337 Å². The van der Waals surface area contributed by atoms with Crippen LogP contribution in [0.15, 0.2) is 113 Å². The van der Waals surface area contributed by atoms with E-state index in [0.717, 1.165) is 36.6 Å². The highest BCUT2D eigenvalue weighted by molar-refractivity contribution is 5.75. The van der Waals surface area contributed by atoms with Gasteiger partial charge in [-0.25, -0.2) is 0 Å². The molecule has 1 aromatic carbocycles. The van der Waals surface area contributed by atoms with E-state index in [0.29, 0.717) is 11.8 Å². The first-order chi connectivity index (χ1) is 27.8. The molecular formula is C54H64N2. The zero-order valence-electron chi connectivity index (χ0n) is 34.0. The number of rotatable bonds is 6. The Morgan fingerprint density at radius 3 is 2.39 bits per heavy atom. The van der Waals surface area contributed by atoms with Gasteiger partial charge in [-0.3, -0.25) is 0 Å². The Kier molecular flexibility index (Phi) is 9.60. The normalized spacial score (nSPS) is 30.2. The van der Waals surface area contributed by atoms with E-state index in [1.165, 1.54) is 162 Å². The third kappa shape index (κ3) is 6.37. The quantitative estimate of drug-likeness (QED) is 0.268. The van der Waals surface area contributed by atoms with Crippen molar-refractivity contribution in [1.29, 1.82) is 0 Å². The maximum atomic E-state index is 2.96. The summed E-state index contributed by atoms with van der Waals surface area (Å²) >= 11 is 0. The van der Waals surface area contributed by atoms with Crippen LogP contribution in [0.4, 0.5) is 5.69 Å². The lowest BCUT2D eigenvalue weighted by Gasteiger charge is -2.37. The molecule has 290 valence electrons. The summed E-state index contributed by atoms with van der Waals surface area (Å²) in [6.07, 6.45) is 54.6. The first-order valence-electron chi connectivity index (χ1n) is 23.5. The Morgan fingerprint density at radius 1 is 0.643 bits per heavy atom. The van der Waals surface area contributed by atoms with Gasteiger partial charge in [0.2, 0.25) is 0 Å². The number of fused-ring (bicyclic) bond motifs is 6.